The number of carbonyl (C=O) groups is 2. The third-order valence-electron chi connectivity index (χ3n) is 4.69. The SMILES string of the molecule is COc1ccc(C(=O)N2CCCCC2)cc1S(=O)(=O)Nc1cccc(C(=O)[O-])c1. The molecule has 154 valence electrons. The summed E-state index contributed by atoms with van der Waals surface area (Å²) in [7, 11) is -2.81. The van der Waals surface area contributed by atoms with Gasteiger partial charge in [-0.1, -0.05) is 12.1 Å². The Bertz CT molecular complexity index is 1030. The molecule has 0 aliphatic carbocycles. The molecule has 0 unspecified atom stereocenters. The third-order valence-corrected chi connectivity index (χ3v) is 6.10. The van der Waals surface area contributed by atoms with E-state index in [-0.39, 0.29) is 33.4 Å². The van der Waals surface area contributed by atoms with Crippen LogP contribution in [0.2, 0.25) is 0 Å². The Labute approximate surface area is 169 Å². The van der Waals surface area contributed by atoms with Gasteiger partial charge in [-0.05, 0) is 55.2 Å². The Kier molecular flexibility index (Phi) is 6.07. The number of benzene rings is 2. The van der Waals surface area contributed by atoms with E-state index in [1.807, 2.05) is 0 Å². The summed E-state index contributed by atoms with van der Waals surface area (Å²) in [6.07, 6.45) is 2.91. The van der Waals surface area contributed by atoms with Gasteiger partial charge in [0, 0.05) is 24.3 Å². The van der Waals surface area contributed by atoms with Crippen molar-refractivity contribution in [2.75, 3.05) is 24.9 Å². The highest BCUT2D eigenvalue weighted by Crippen LogP contribution is 2.28. The molecule has 1 heterocycles. The van der Waals surface area contributed by atoms with Crippen molar-refractivity contribution in [2.24, 2.45) is 0 Å². The molecular weight excluding hydrogens is 396 g/mol. The van der Waals surface area contributed by atoms with Crippen LogP contribution in [-0.4, -0.2) is 45.4 Å². The first kappa shape index (κ1) is 20.7. The fourth-order valence-corrected chi connectivity index (χ4v) is 4.46. The normalized spacial score (nSPS) is 14.3. The van der Waals surface area contributed by atoms with Crippen molar-refractivity contribution in [3.63, 3.8) is 0 Å². The lowest BCUT2D eigenvalue weighted by atomic mass is 10.1. The van der Waals surface area contributed by atoms with E-state index in [0.29, 0.717) is 13.1 Å². The summed E-state index contributed by atoms with van der Waals surface area (Å²) < 4.78 is 33.4. The fraction of sp³-hybridized carbons (Fsp3) is 0.300. The summed E-state index contributed by atoms with van der Waals surface area (Å²) >= 11 is 0. The lowest BCUT2D eigenvalue weighted by Crippen LogP contribution is -2.35. The minimum Gasteiger partial charge on any atom is -0.545 e. The molecule has 1 amide bonds. The van der Waals surface area contributed by atoms with E-state index in [1.54, 1.807) is 4.90 Å². The summed E-state index contributed by atoms with van der Waals surface area (Å²) in [5.41, 5.74) is 0.143. The maximum Gasteiger partial charge on any atom is 0.265 e. The Balaban J connectivity index is 1.94. The van der Waals surface area contributed by atoms with E-state index in [9.17, 15) is 23.1 Å². The number of methoxy groups -OCH3 is 1. The molecule has 2 aromatic rings. The van der Waals surface area contributed by atoms with Gasteiger partial charge in [-0.2, -0.15) is 0 Å². The second-order valence-electron chi connectivity index (χ2n) is 6.69. The highest BCUT2D eigenvalue weighted by atomic mass is 32.2. The maximum atomic E-state index is 12.9. The van der Waals surface area contributed by atoms with Crippen LogP contribution in [0.5, 0.6) is 5.75 Å². The average Bonchev–Trinajstić information content (AvgIpc) is 2.73. The van der Waals surface area contributed by atoms with Crippen LogP contribution in [0.15, 0.2) is 47.4 Å². The van der Waals surface area contributed by atoms with Crippen LogP contribution in [0.4, 0.5) is 5.69 Å². The summed E-state index contributed by atoms with van der Waals surface area (Å²) in [5.74, 6) is -1.58. The number of sulfonamides is 1. The van der Waals surface area contributed by atoms with E-state index >= 15 is 0 Å². The quantitative estimate of drug-likeness (QED) is 0.761. The van der Waals surface area contributed by atoms with E-state index < -0.39 is 16.0 Å². The number of hydrogen-bond donors (Lipinski definition) is 1. The number of carboxylic acid groups (broad SMARTS) is 1. The summed E-state index contributed by atoms with van der Waals surface area (Å²) in [4.78, 5) is 25.3. The van der Waals surface area contributed by atoms with E-state index in [0.717, 1.165) is 25.3 Å². The number of nitrogens with zero attached hydrogens (tertiary/aromatic N) is 1. The molecule has 0 atom stereocenters. The van der Waals surface area contributed by atoms with E-state index in [4.69, 9.17) is 4.74 Å². The van der Waals surface area contributed by atoms with Crippen LogP contribution in [0.3, 0.4) is 0 Å². The molecule has 0 spiro atoms. The van der Waals surface area contributed by atoms with Crippen LogP contribution in [0, 0.1) is 0 Å². The van der Waals surface area contributed by atoms with Gasteiger partial charge in [-0.15, -0.1) is 0 Å². The largest absolute Gasteiger partial charge is 0.545 e. The Morgan fingerprint density at radius 3 is 2.41 bits per heavy atom. The smallest absolute Gasteiger partial charge is 0.265 e. The minimum absolute atomic E-state index is 0.0570. The molecular formula is C20H21N2O6S-. The van der Waals surface area contributed by atoms with Crippen molar-refractivity contribution >= 4 is 27.6 Å². The molecule has 0 radical (unpaired) electrons. The minimum atomic E-state index is -4.14. The van der Waals surface area contributed by atoms with Gasteiger partial charge in [-0.3, -0.25) is 9.52 Å². The number of aromatic carboxylic acids is 1. The Hall–Kier alpha value is -3.07. The number of rotatable bonds is 6. The predicted molar refractivity (Wildman–Crippen MR) is 104 cm³/mol. The van der Waals surface area contributed by atoms with Crippen molar-refractivity contribution in [3.05, 3.63) is 53.6 Å². The van der Waals surface area contributed by atoms with Crippen molar-refractivity contribution in [1.29, 1.82) is 0 Å². The highest BCUT2D eigenvalue weighted by Gasteiger charge is 2.24. The standard InChI is InChI=1S/C20H22N2O6S/c1-28-17-9-8-14(19(23)22-10-3-2-4-11-22)13-18(17)29(26,27)21-16-7-5-6-15(12-16)20(24)25/h5-9,12-13,21H,2-4,10-11H2,1H3,(H,24,25)/p-1. The van der Waals surface area contributed by atoms with Gasteiger partial charge in [-0.25, -0.2) is 8.42 Å². The van der Waals surface area contributed by atoms with Gasteiger partial charge in [0.25, 0.3) is 15.9 Å². The molecule has 0 aromatic heterocycles. The molecule has 9 heteroatoms. The molecule has 1 aliphatic heterocycles. The zero-order valence-corrected chi connectivity index (χ0v) is 16.7. The molecule has 1 saturated heterocycles. The number of carboxylic acids is 1. The molecule has 2 aromatic carbocycles. The molecule has 3 rings (SSSR count). The van der Waals surface area contributed by atoms with Crippen LogP contribution >= 0.6 is 0 Å². The van der Waals surface area contributed by atoms with Crippen molar-refractivity contribution < 1.29 is 27.9 Å². The molecule has 0 bridgehead atoms. The van der Waals surface area contributed by atoms with Crippen LogP contribution < -0.4 is 14.6 Å². The number of carbonyl (C=O) groups excluding carboxylic acids is 2. The van der Waals surface area contributed by atoms with Crippen molar-refractivity contribution in [2.45, 2.75) is 24.2 Å². The highest BCUT2D eigenvalue weighted by molar-refractivity contribution is 7.92. The summed E-state index contributed by atoms with van der Waals surface area (Å²) in [5, 5.41) is 11.0. The van der Waals surface area contributed by atoms with Gasteiger partial charge < -0.3 is 19.5 Å². The number of amides is 1. The van der Waals surface area contributed by atoms with Gasteiger partial charge in [0.1, 0.15) is 10.6 Å². The first-order chi connectivity index (χ1) is 13.8. The number of ether oxygens (including phenoxy) is 1. The topological polar surface area (TPSA) is 116 Å². The van der Waals surface area contributed by atoms with Crippen LogP contribution in [0.25, 0.3) is 0 Å². The first-order valence-electron chi connectivity index (χ1n) is 9.13. The predicted octanol–water partition coefficient (Wildman–Crippen LogP) is 1.49. The molecule has 1 N–H and O–H groups in total. The number of nitrogens with one attached hydrogen (secondary N) is 1. The average molecular weight is 417 g/mol. The van der Waals surface area contributed by atoms with E-state index in [2.05, 4.69) is 4.72 Å². The van der Waals surface area contributed by atoms with Gasteiger partial charge in [0.15, 0.2) is 0 Å². The zero-order chi connectivity index (χ0) is 21.0. The molecule has 0 saturated carbocycles. The lowest BCUT2D eigenvalue weighted by molar-refractivity contribution is -0.255. The summed E-state index contributed by atoms with van der Waals surface area (Å²) in [6, 6.07) is 9.51. The maximum absolute atomic E-state index is 12.9. The van der Waals surface area contributed by atoms with Crippen molar-refractivity contribution in [3.8, 4) is 5.75 Å². The summed E-state index contributed by atoms with van der Waals surface area (Å²) in [6.45, 7) is 1.28. The zero-order valence-electron chi connectivity index (χ0n) is 15.9. The number of anilines is 1. The molecule has 8 nitrogen and oxygen atoms in total. The first-order valence-corrected chi connectivity index (χ1v) is 10.6. The van der Waals surface area contributed by atoms with E-state index in [1.165, 1.54) is 43.5 Å². The second-order valence-corrected chi connectivity index (χ2v) is 8.34. The van der Waals surface area contributed by atoms with Gasteiger partial charge in [0.2, 0.25) is 0 Å². The lowest BCUT2D eigenvalue weighted by Gasteiger charge is -2.27. The van der Waals surface area contributed by atoms with Crippen LogP contribution in [-0.2, 0) is 10.0 Å². The fourth-order valence-electron chi connectivity index (χ4n) is 3.22. The monoisotopic (exact) mass is 417 g/mol. The number of piperidine rings is 1. The van der Waals surface area contributed by atoms with Crippen LogP contribution in [0.1, 0.15) is 40.0 Å². The molecule has 1 aliphatic rings. The van der Waals surface area contributed by atoms with Gasteiger partial charge in [0.05, 0.1) is 13.1 Å². The number of likely N-dealkylation sites (tertiary alicyclic amines) is 1. The number of hydrogen-bond acceptors (Lipinski definition) is 6. The van der Waals surface area contributed by atoms with Gasteiger partial charge >= 0.3 is 0 Å². The van der Waals surface area contributed by atoms with Crippen molar-refractivity contribution in [1.82, 2.24) is 4.90 Å². The Morgan fingerprint density at radius 2 is 1.76 bits per heavy atom. The molecule has 1 fully saturated rings. The second kappa shape index (κ2) is 8.52. The Morgan fingerprint density at radius 1 is 1.03 bits per heavy atom. The third kappa shape index (κ3) is 4.68. The molecule has 29 heavy (non-hydrogen) atoms.